The summed E-state index contributed by atoms with van der Waals surface area (Å²) in [5.74, 6) is 0. The Bertz CT molecular complexity index is 396. The Morgan fingerprint density at radius 2 is 1.87 bits per heavy atom. The number of hydrogen-bond acceptors (Lipinski definition) is 1. The molecule has 0 saturated heterocycles. The smallest absolute Gasteiger partial charge is 0.321 e. The Morgan fingerprint density at radius 1 is 1.27 bits per heavy atom. The molecule has 1 nitrogen and oxygen atoms in total. The molecule has 0 spiro atoms. The summed E-state index contributed by atoms with van der Waals surface area (Å²) in [4.78, 5) is 0. The van der Waals surface area contributed by atoms with E-state index in [2.05, 4.69) is 15.9 Å². The second-order valence-electron chi connectivity index (χ2n) is 3.84. The summed E-state index contributed by atoms with van der Waals surface area (Å²) in [6, 6.07) is 4.14. The van der Waals surface area contributed by atoms with Crippen LogP contribution in [0.4, 0.5) is 13.2 Å². The van der Waals surface area contributed by atoms with E-state index in [0.29, 0.717) is 17.3 Å². The molecule has 2 rings (SSSR count). The second-order valence-corrected chi connectivity index (χ2v) is 4.76. The number of nitrogens with two attached hydrogens (primary N) is 1. The Balaban J connectivity index is 2.55. The molecule has 1 fully saturated rings. The highest BCUT2D eigenvalue weighted by Crippen LogP contribution is 2.48. The van der Waals surface area contributed by atoms with E-state index in [1.807, 2.05) is 0 Å². The van der Waals surface area contributed by atoms with E-state index in [4.69, 9.17) is 5.73 Å². The van der Waals surface area contributed by atoms with Gasteiger partial charge in [0, 0.05) is 10.0 Å². The van der Waals surface area contributed by atoms with Gasteiger partial charge in [-0.3, -0.25) is 0 Å². The minimum atomic E-state index is -4.34. The molecule has 0 atom stereocenters. The first-order chi connectivity index (χ1) is 6.83. The monoisotopic (exact) mass is 279 g/mol. The van der Waals surface area contributed by atoms with Gasteiger partial charge in [0.2, 0.25) is 0 Å². The minimum absolute atomic E-state index is 0.207. The molecular weight excluding hydrogens is 271 g/mol. The van der Waals surface area contributed by atoms with Crippen LogP contribution >= 0.6 is 15.9 Å². The zero-order valence-corrected chi connectivity index (χ0v) is 9.32. The maximum atomic E-state index is 12.7. The molecule has 1 aromatic carbocycles. The Kier molecular flexibility index (Phi) is 2.35. The number of benzene rings is 1. The van der Waals surface area contributed by atoms with Crippen LogP contribution in [0.3, 0.4) is 0 Å². The number of hydrogen-bond donors (Lipinski definition) is 1. The van der Waals surface area contributed by atoms with Gasteiger partial charge >= 0.3 is 6.18 Å². The van der Waals surface area contributed by atoms with Gasteiger partial charge in [-0.25, -0.2) is 0 Å². The fourth-order valence-electron chi connectivity index (χ4n) is 1.59. The molecule has 15 heavy (non-hydrogen) atoms. The van der Waals surface area contributed by atoms with Gasteiger partial charge in [-0.15, -0.1) is 0 Å². The molecule has 0 radical (unpaired) electrons. The zero-order chi connectivity index (χ0) is 11.3. The highest BCUT2D eigenvalue weighted by atomic mass is 79.9. The predicted molar refractivity (Wildman–Crippen MR) is 54.2 cm³/mol. The van der Waals surface area contributed by atoms with Gasteiger partial charge in [0.15, 0.2) is 0 Å². The maximum absolute atomic E-state index is 12.7. The van der Waals surface area contributed by atoms with Gasteiger partial charge in [0.25, 0.3) is 0 Å². The van der Waals surface area contributed by atoms with E-state index in [0.717, 1.165) is 6.07 Å². The molecular formula is C10H9BrF3N. The largest absolute Gasteiger partial charge is 0.416 e. The third kappa shape index (κ3) is 2.03. The summed E-state index contributed by atoms with van der Waals surface area (Å²) in [5.41, 5.74) is 4.62. The van der Waals surface area contributed by atoms with Crippen LogP contribution in [0.15, 0.2) is 22.7 Å². The van der Waals surface area contributed by atoms with Crippen molar-refractivity contribution in [1.29, 1.82) is 0 Å². The van der Waals surface area contributed by atoms with E-state index in [9.17, 15) is 13.2 Å². The molecule has 2 N–H and O–H groups in total. The van der Waals surface area contributed by atoms with Gasteiger partial charge in [0.1, 0.15) is 0 Å². The molecule has 0 amide bonds. The van der Waals surface area contributed by atoms with Gasteiger partial charge in [-0.1, -0.05) is 22.0 Å². The van der Waals surface area contributed by atoms with Crippen LogP contribution in [0.5, 0.6) is 0 Å². The highest BCUT2D eigenvalue weighted by Gasteiger charge is 2.46. The fourth-order valence-corrected chi connectivity index (χ4v) is 1.95. The summed E-state index contributed by atoms with van der Waals surface area (Å²) < 4.78 is 38.5. The number of rotatable bonds is 1. The van der Waals surface area contributed by atoms with E-state index >= 15 is 0 Å². The van der Waals surface area contributed by atoms with Gasteiger partial charge in [-0.05, 0) is 30.5 Å². The molecule has 0 aromatic heterocycles. The van der Waals surface area contributed by atoms with Crippen molar-refractivity contribution < 1.29 is 13.2 Å². The van der Waals surface area contributed by atoms with Crippen molar-refractivity contribution in [1.82, 2.24) is 0 Å². The molecule has 0 unspecified atom stereocenters. The van der Waals surface area contributed by atoms with E-state index in [1.54, 1.807) is 6.07 Å². The lowest BCUT2D eigenvalue weighted by atomic mass is 9.99. The summed E-state index contributed by atoms with van der Waals surface area (Å²) in [5, 5.41) is 0. The molecule has 0 aliphatic heterocycles. The zero-order valence-electron chi connectivity index (χ0n) is 7.74. The van der Waals surface area contributed by atoms with Gasteiger partial charge in [-0.2, -0.15) is 13.2 Å². The Hall–Kier alpha value is -0.550. The predicted octanol–water partition coefficient (Wildman–Crippen LogP) is 3.42. The average Bonchev–Trinajstić information content (AvgIpc) is 2.83. The van der Waals surface area contributed by atoms with Crippen LogP contribution in [-0.4, -0.2) is 0 Å². The number of halogens is 4. The highest BCUT2D eigenvalue weighted by molar-refractivity contribution is 9.10. The first kappa shape index (κ1) is 11.0. The van der Waals surface area contributed by atoms with Crippen molar-refractivity contribution in [2.75, 3.05) is 0 Å². The van der Waals surface area contributed by atoms with Crippen LogP contribution in [0, 0.1) is 0 Å². The standard InChI is InChI=1S/C10H9BrF3N/c11-6-1-2-7(9(15)3-4-9)8(5-6)10(12,13)14/h1-2,5H,3-4,15H2. The van der Waals surface area contributed by atoms with Gasteiger partial charge < -0.3 is 5.73 Å². The Labute approximate surface area is 93.6 Å². The van der Waals surface area contributed by atoms with Gasteiger partial charge in [0.05, 0.1) is 5.56 Å². The summed E-state index contributed by atoms with van der Waals surface area (Å²) in [6.45, 7) is 0. The molecule has 5 heteroatoms. The third-order valence-corrected chi connectivity index (χ3v) is 3.11. The van der Waals surface area contributed by atoms with Crippen molar-refractivity contribution >= 4 is 15.9 Å². The average molecular weight is 280 g/mol. The van der Waals surface area contributed by atoms with Crippen LogP contribution in [0.25, 0.3) is 0 Å². The Morgan fingerprint density at radius 3 is 2.33 bits per heavy atom. The normalized spacial score (nSPS) is 19.0. The van der Waals surface area contributed by atoms with E-state index in [-0.39, 0.29) is 5.56 Å². The molecule has 82 valence electrons. The van der Waals surface area contributed by atoms with Crippen molar-refractivity contribution in [3.63, 3.8) is 0 Å². The summed E-state index contributed by atoms with van der Waals surface area (Å²) >= 11 is 3.04. The first-order valence-electron chi connectivity index (χ1n) is 4.49. The van der Waals surface area contributed by atoms with Crippen LogP contribution in [0.1, 0.15) is 24.0 Å². The number of alkyl halides is 3. The lowest BCUT2D eigenvalue weighted by Gasteiger charge is -2.17. The van der Waals surface area contributed by atoms with Crippen LogP contribution in [0.2, 0.25) is 0 Å². The van der Waals surface area contributed by atoms with Crippen LogP contribution in [-0.2, 0) is 11.7 Å². The van der Waals surface area contributed by atoms with Crippen LogP contribution < -0.4 is 5.73 Å². The summed E-state index contributed by atoms with van der Waals surface area (Å²) in [7, 11) is 0. The van der Waals surface area contributed by atoms with E-state index < -0.39 is 17.3 Å². The summed E-state index contributed by atoms with van der Waals surface area (Å²) in [6.07, 6.45) is -3.09. The second kappa shape index (κ2) is 3.22. The SMILES string of the molecule is NC1(c2ccc(Br)cc2C(F)(F)F)CC1. The van der Waals surface area contributed by atoms with Crippen molar-refractivity contribution in [2.45, 2.75) is 24.6 Å². The molecule has 0 heterocycles. The minimum Gasteiger partial charge on any atom is -0.321 e. The molecule has 1 saturated carbocycles. The van der Waals surface area contributed by atoms with Crippen molar-refractivity contribution in [2.24, 2.45) is 5.73 Å². The van der Waals surface area contributed by atoms with E-state index in [1.165, 1.54) is 6.07 Å². The molecule has 1 aromatic rings. The quantitative estimate of drug-likeness (QED) is 0.838. The first-order valence-corrected chi connectivity index (χ1v) is 5.28. The molecule has 1 aliphatic carbocycles. The fraction of sp³-hybridized carbons (Fsp3) is 0.400. The molecule has 1 aliphatic rings. The lowest BCUT2D eigenvalue weighted by molar-refractivity contribution is -0.138. The third-order valence-electron chi connectivity index (χ3n) is 2.61. The topological polar surface area (TPSA) is 26.0 Å². The van der Waals surface area contributed by atoms with Crippen molar-refractivity contribution in [3.8, 4) is 0 Å². The van der Waals surface area contributed by atoms with Crippen molar-refractivity contribution in [3.05, 3.63) is 33.8 Å². The molecule has 0 bridgehead atoms. The lowest BCUT2D eigenvalue weighted by Crippen LogP contribution is -2.23. The maximum Gasteiger partial charge on any atom is 0.416 e.